The molecule has 5 rings (SSSR count). The summed E-state index contributed by atoms with van der Waals surface area (Å²) in [5.74, 6) is 0.0618. The van der Waals surface area contributed by atoms with Crippen LogP contribution in [0.2, 0.25) is 0 Å². The summed E-state index contributed by atoms with van der Waals surface area (Å²) >= 11 is -3.64. The van der Waals surface area contributed by atoms with Crippen molar-refractivity contribution in [1.29, 1.82) is 0 Å². The fourth-order valence-corrected chi connectivity index (χ4v) is 19.0. The summed E-state index contributed by atoms with van der Waals surface area (Å²) in [6, 6.07) is 33.4. The quantitative estimate of drug-likeness (QED) is 0.207. The first-order valence-corrected chi connectivity index (χ1v) is 20.7. The molecule has 3 aromatic rings. The standard InChI is InChI=1S/C17H27O5.3C6H5.Sn/c1-14-7-11-20-16(13-22-17-6-3-4-10-21-17)15(14)12-19-9-5-8-18-2;3*1-2-4-6-5-3-1;/h1,5,9,15-17H,3-4,6-8,10-13H2,2H3;3*1-5H;/b9-5+,14-1?;;;;/t15-,16-,17?;;;;/m0..../s1. The van der Waals surface area contributed by atoms with Crippen LogP contribution in [0.1, 0.15) is 25.7 Å². The van der Waals surface area contributed by atoms with Crippen LogP contribution in [0, 0.1) is 5.92 Å². The van der Waals surface area contributed by atoms with Gasteiger partial charge in [-0.1, -0.05) is 0 Å². The molecule has 41 heavy (non-hydrogen) atoms. The maximum absolute atomic E-state index is 6.39. The van der Waals surface area contributed by atoms with Crippen molar-refractivity contribution in [3.05, 3.63) is 113 Å². The van der Waals surface area contributed by atoms with E-state index in [1.165, 1.54) is 16.3 Å². The van der Waals surface area contributed by atoms with Gasteiger partial charge in [0.2, 0.25) is 0 Å². The van der Waals surface area contributed by atoms with Crippen LogP contribution in [-0.4, -0.2) is 70.9 Å². The van der Waals surface area contributed by atoms with Crippen molar-refractivity contribution >= 4 is 29.1 Å². The van der Waals surface area contributed by atoms with Gasteiger partial charge in [0.25, 0.3) is 0 Å². The Hall–Kier alpha value is -2.42. The Kier molecular flexibility index (Phi) is 11.5. The van der Waals surface area contributed by atoms with Crippen LogP contribution >= 0.6 is 0 Å². The van der Waals surface area contributed by atoms with E-state index in [0.717, 1.165) is 32.3 Å². The van der Waals surface area contributed by atoms with Gasteiger partial charge in [0, 0.05) is 0 Å². The molecule has 0 aliphatic carbocycles. The SMILES string of the molecule is COC/C=C/OC[C@H]1/C(=[CH]/[Sn]([c]2ccccc2)([c]2ccccc2)[c]2ccccc2)CCO[C@H]1COC1CCCCO1. The average Bonchev–Trinajstić information content (AvgIpc) is 3.05. The van der Waals surface area contributed by atoms with Crippen molar-refractivity contribution in [2.45, 2.75) is 38.1 Å². The Morgan fingerprint density at radius 1 is 0.780 bits per heavy atom. The number of rotatable bonds is 12. The van der Waals surface area contributed by atoms with Gasteiger partial charge in [-0.05, 0) is 0 Å². The van der Waals surface area contributed by atoms with Crippen molar-refractivity contribution in [2.75, 3.05) is 40.1 Å². The third-order valence-electron chi connectivity index (χ3n) is 8.05. The van der Waals surface area contributed by atoms with Gasteiger partial charge in [-0.3, -0.25) is 0 Å². The monoisotopic (exact) mass is 662 g/mol. The zero-order valence-corrected chi connectivity index (χ0v) is 26.9. The van der Waals surface area contributed by atoms with Gasteiger partial charge < -0.3 is 0 Å². The Morgan fingerprint density at radius 3 is 1.98 bits per heavy atom. The molecule has 6 heteroatoms. The Morgan fingerprint density at radius 2 is 1.41 bits per heavy atom. The molecule has 216 valence electrons. The van der Waals surface area contributed by atoms with Gasteiger partial charge in [0.15, 0.2) is 0 Å². The Labute approximate surface area is 249 Å². The summed E-state index contributed by atoms with van der Waals surface area (Å²) < 4.78 is 36.8. The summed E-state index contributed by atoms with van der Waals surface area (Å²) in [6.45, 7) is 2.96. The van der Waals surface area contributed by atoms with Gasteiger partial charge in [-0.2, -0.15) is 0 Å². The van der Waals surface area contributed by atoms with Gasteiger partial charge in [0.1, 0.15) is 0 Å². The molecule has 2 saturated heterocycles. The van der Waals surface area contributed by atoms with Crippen molar-refractivity contribution in [2.24, 2.45) is 5.92 Å². The van der Waals surface area contributed by atoms with Crippen LogP contribution < -0.4 is 10.7 Å². The number of hydrogen-bond acceptors (Lipinski definition) is 5. The van der Waals surface area contributed by atoms with Gasteiger partial charge >= 0.3 is 250 Å². The van der Waals surface area contributed by atoms with Crippen LogP contribution in [0.15, 0.2) is 113 Å². The molecule has 0 amide bonds. The van der Waals surface area contributed by atoms with E-state index < -0.39 is 18.4 Å². The van der Waals surface area contributed by atoms with E-state index in [-0.39, 0.29) is 18.3 Å². The average molecular weight is 661 g/mol. The van der Waals surface area contributed by atoms with Crippen molar-refractivity contribution in [1.82, 2.24) is 0 Å². The molecule has 2 heterocycles. The third-order valence-corrected chi connectivity index (χ3v) is 21.0. The molecule has 0 radical (unpaired) electrons. The van der Waals surface area contributed by atoms with Crippen LogP contribution in [0.5, 0.6) is 0 Å². The molecular weight excluding hydrogens is 619 g/mol. The molecule has 0 saturated carbocycles. The molecule has 5 nitrogen and oxygen atoms in total. The fourth-order valence-electron chi connectivity index (χ4n) is 5.97. The fraction of sp³-hybridized carbons (Fsp3) is 0.371. The molecule has 3 atom stereocenters. The Bertz CT molecular complexity index is 1130. The van der Waals surface area contributed by atoms with E-state index in [1.807, 2.05) is 6.08 Å². The number of methoxy groups -OCH3 is 1. The number of hydrogen-bond donors (Lipinski definition) is 0. The van der Waals surface area contributed by atoms with E-state index in [9.17, 15) is 0 Å². The molecule has 1 unspecified atom stereocenters. The molecule has 0 aromatic heterocycles. The number of benzene rings is 3. The number of ether oxygens (including phenoxy) is 5. The van der Waals surface area contributed by atoms with E-state index in [4.69, 9.17) is 23.7 Å². The molecule has 2 aliphatic rings. The van der Waals surface area contributed by atoms with Crippen LogP contribution in [0.25, 0.3) is 0 Å². The first kappa shape index (κ1) is 30.1. The summed E-state index contributed by atoms with van der Waals surface area (Å²) in [7, 11) is 1.68. The zero-order chi connectivity index (χ0) is 28.2. The predicted molar refractivity (Wildman–Crippen MR) is 166 cm³/mol. The van der Waals surface area contributed by atoms with Crippen LogP contribution in [0.4, 0.5) is 0 Å². The molecule has 2 aliphatic heterocycles. The van der Waals surface area contributed by atoms with Crippen molar-refractivity contribution in [3.63, 3.8) is 0 Å². The van der Waals surface area contributed by atoms with E-state index in [1.54, 1.807) is 13.4 Å². The molecule has 0 bridgehead atoms. The summed E-state index contributed by atoms with van der Waals surface area (Å²) in [5, 5.41) is 0. The minimum absolute atomic E-state index is 0.0618. The topological polar surface area (TPSA) is 46.2 Å². The first-order valence-electron chi connectivity index (χ1n) is 14.8. The molecule has 2 fully saturated rings. The molecule has 0 spiro atoms. The van der Waals surface area contributed by atoms with E-state index >= 15 is 0 Å². The van der Waals surface area contributed by atoms with Crippen LogP contribution in [-0.2, 0) is 23.7 Å². The maximum atomic E-state index is 6.39. The predicted octanol–water partition coefficient (Wildman–Crippen LogP) is 4.75. The second-order valence-corrected chi connectivity index (χ2v) is 21.1. The molecule has 3 aromatic carbocycles. The van der Waals surface area contributed by atoms with Gasteiger partial charge in [0.05, 0.1) is 0 Å². The normalized spacial score (nSPS) is 22.7. The van der Waals surface area contributed by atoms with Crippen molar-refractivity contribution < 1.29 is 23.7 Å². The summed E-state index contributed by atoms with van der Waals surface area (Å²) in [5.41, 5.74) is 1.40. The van der Waals surface area contributed by atoms with E-state index in [0.29, 0.717) is 26.4 Å². The second kappa shape index (κ2) is 15.7. The second-order valence-electron chi connectivity index (χ2n) is 10.7. The summed E-state index contributed by atoms with van der Waals surface area (Å²) in [6.07, 6.45) is 7.44. The zero-order valence-electron chi connectivity index (χ0n) is 24.0. The first-order chi connectivity index (χ1) is 20.3. The minimum atomic E-state index is -3.64. The molecular formula is C35H42O5Sn. The van der Waals surface area contributed by atoms with Crippen molar-refractivity contribution in [3.8, 4) is 0 Å². The van der Waals surface area contributed by atoms with E-state index in [2.05, 4.69) is 95.1 Å². The summed E-state index contributed by atoms with van der Waals surface area (Å²) in [4.78, 5) is 0. The molecule has 0 N–H and O–H groups in total. The van der Waals surface area contributed by atoms with Crippen LogP contribution in [0.3, 0.4) is 0 Å². The van der Waals surface area contributed by atoms with Gasteiger partial charge in [-0.15, -0.1) is 0 Å². The Balaban J connectivity index is 1.56. The van der Waals surface area contributed by atoms with Gasteiger partial charge in [-0.25, -0.2) is 0 Å². The third kappa shape index (κ3) is 7.70.